The number of fused-ring (bicyclic) bond motifs is 1. The number of aryl methyl sites for hydroxylation is 1. The van der Waals surface area contributed by atoms with Crippen LogP contribution in [-0.2, 0) is 0 Å². The third-order valence-electron chi connectivity index (χ3n) is 2.29. The molecule has 0 aliphatic carbocycles. The number of hydrogen-bond donors (Lipinski definition) is 1. The van der Waals surface area contributed by atoms with E-state index in [-0.39, 0.29) is 10.6 Å². The van der Waals surface area contributed by atoms with Gasteiger partial charge in [0.1, 0.15) is 0 Å². The van der Waals surface area contributed by atoms with Crippen LogP contribution >= 0.6 is 27.5 Å². The fraction of sp³-hybridized carbons (Fsp3) is 0.0909. The van der Waals surface area contributed by atoms with E-state index in [1.807, 2.05) is 13.0 Å². The molecule has 0 radical (unpaired) electrons. The van der Waals surface area contributed by atoms with Crippen LogP contribution in [0.1, 0.15) is 15.9 Å². The lowest BCUT2D eigenvalue weighted by molar-refractivity contribution is 0.0697. The second-order valence-corrected chi connectivity index (χ2v) is 4.70. The standard InChI is InChI=1S/C11H7BrClNO2/c1-5-2-6(12)3-7-9(13)8(11(15)16)4-14-10(5)7/h2-4H,1H3,(H,15,16). The summed E-state index contributed by atoms with van der Waals surface area (Å²) in [5.41, 5.74) is 1.69. The lowest BCUT2D eigenvalue weighted by Crippen LogP contribution is -1.99. The highest BCUT2D eigenvalue weighted by atomic mass is 79.9. The first kappa shape index (κ1) is 11.4. The highest BCUT2D eigenvalue weighted by Gasteiger charge is 2.14. The minimum atomic E-state index is -1.07. The van der Waals surface area contributed by atoms with Crippen LogP contribution < -0.4 is 0 Å². The lowest BCUT2D eigenvalue weighted by atomic mass is 10.1. The molecule has 0 saturated carbocycles. The van der Waals surface area contributed by atoms with Gasteiger partial charge < -0.3 is 5.11 Å². The number of carboxylic acid groups (broad SMARTS) is 1. The molecule has 0 aliphatic heterocycles. The van der Waals surface area contributed by atoms with Crippen LogP contribution in [-0.4, -0.2) is 16.1 Å². The topological polar surface area (TPSA) is 50.2 Å². The summed E-state index contributed by atoms with van der Waals surface area (Å²) in [6, 6.07) is 3.68. The van der Waals surface area contributed by atoms with Gasteiger partial charge in [0.25, 0.3) is 0 Å². The third kappa shape index (κ3) is 1.79. The Morgan fingerprint density at radius 1 is 1.50 bits per heavy atom. The first-order chi connectivity index (χ1) is 7.50. The summed E-state index contributed by atoms with van der Waals surface area (Å²) in [7, 11) is 0. The van der Waals surface area contributed by atoms with Gasteiger partial charge >= 0.3 is 5.97 Å². The molecule has 1 N–H and O–H groups in total. The number of aromatic carboxylic acids is 1. The smallest absolute Gasteiger partial charge is 0.338 e. The van der Waals surface area contributed by atoms with Gasteiger partial charge in [-0.05, 0) is 24.6 Å². The van der Waals surface area contributed by atoms with Crippen molar-refractivity contribution >= 4 is 44.4 Å². The van der Waals surface area contributed by atoms with Gasteiger partial charge in [0.05, 0.1) is 16.1 Å². The fourth-order valence-electron chi connectivity index (χ4n) is 1.55. The number of aromatic nitrogens is 1. The van der Waals surface area contributed by atoms with Gasteiger partial charge in [0.2, 0.25) is 0 Å². The summed E-state index contributed by atoms with van der Waals surface area (Å²) in [5.74, 6) is -1.07. The highest BCUT2D eigenvalue weighted by Crippen LogP contribution is 2.30. The van der Waals surface area contributed by atoms with Crippen LogP contribution in [0.5, 0.6) is 0 Å². The Labute approximate surface area is 105 Å². The van der Waals surface area contributed by atoms with Crippen molar-refractivity contribution in [2.75, 3.05) is 0 Å². The number of halogens is 2. The predicted molar refractivity (Wildman–Crippen MR) is 66.1 cm³/mol. The van der Waals surface area contributed by atoms with Gasteiger partial charge in [-0.3, -0.25) is 4.98 Å². The van der Waals surface area contributed by atoms with Crippen LogP contribution in [0.25, 0.3) is 10.9 Å². The Bertz CT molecular complexity index is 598. The number of carboxylic acids is 1. The maximum atomic E-state index is 10.9. The molecule has 16 heavy (non-hydrogen) atoms. The quantitative estimate of drug-likeness (QED) is 0.874. The molecule has 0 atom stereocenters. The van der Waals surface area contributed by atoms with E-state index in [0.29, 0.717) is 5.39 Å². The number of pyridine rings is 1. The second kappa shape index (κ2) is 4.03. The van der Waals surface area contributed by atoms with E-state index in [9.17, 15) is 4.79 Å². The van der Waals surface area contributed by atoms with E-state index in [4.69, 9.17) is 16.7 Å². The molecule has 2 aromatic rings. The van der Waals surface area contributed by atoms with Gasteiger partial charge in [0, 0.05) is 16.1 Å². The zero-order chi connectivity index (χ0) is 11.9. The number of benzene rings is 1. The molecule has 0 amide bonds. The maximum absolute atomic E-state index is 10.9. The summed E-state index contributed by atoms with van der Waals surface area (Å²) in [6.07, 6.45) is 1.29. The minimum absolute atomic E-state index is 0.0201. The summed E-state index contributed by atoms with van der Waals surface area (Å²) < 4.78 is 0.851. The van der Waals surface area contributed by atoms with Crippen LogP contribution in [0.2, 0.25) is 5.02 Å². The molecule has 1 aromatic heterocycles. The molecule has 0 bridgehead atoms. The van der Waals surface area contributed by atoms with Crippen molar-refractivity contribution in [3.05, 3.63) is 39.0 Å². The van der Waals surface area contributed by atoms with E-state index in [1.165, 1.54) is 6.20 Å². The Morgan fingerprint density at radius 2 is 2.19 bits per heavy atom. The van der Waals surface area contributed by atoms with Crippen molar-refractivity contribution < 1.29 is 9.90 Å². The summed E-state index contributed by atoms with van der Waals surface area (Å²) in [5, 5.41) is 9.80. The Kier molecular flexibility index (Phi) is 2.86. The van der Waals surface area contributed by atoms with E-state index in [0.717, 1.165) is 15.6 Å². The number of nitrogens with zero attached hydrogens (tertiary/aromatic N) is 1. The Morgan fingerprint density at radius 3 is 2.81 bits per heavy atom. The minimum Gasteiger partial charge on any atom is -0.478 e. The zero-order valence-electron chi connectivity index (χ0n) is 8.29. The first-order valence-corrected chi connectivity index (χ1v) is 5.65. The van der Waals surface area contributed by atoms with E-state index >= 15 is 0 Å². The van der Waals surface area contributed by atoms with Crippen molar-refractivity contribution in [2.45, 2.75) is 6.92 Å². The number of rotatable bonds is 1. The van der Waals surface area contributed by atoms with Crippen LogP contribution in [0.15, 0.2) is 22.8 Å². The normalized spacial score (nSPS) is 10.7. The Balaban J connectivity index is 2.89. The van der Waals surface area contributed by atoms with Crippen molar-refractivity contribution in [2.24, 2.45) is 0 Å². The molecular weight excluding hydrogens is 293 g/mol. The van der Waals surface area contributed by atoms with Gasteiger partial charge in [-0.2, -0.15) is 0 Å². The van der Waals surface area contributed by atoms with E-state index in [1.54, 1.807) is 6.07 Å². The molecule has 0 unspecified atom stereocenters. The Hall–Kier alpha value is -1.13. The van der Waals surface area contributed by atoms with Gasteiger partial charge in [0.15, 0.2) is 0 Å². The van der Waals surface area contributed by atoms with Gasteiger partial charge in [-0.1, -0.05) is 27.5 Å². The summed E-state index contributed by atoms with van der Waals surface area (Å²) >= 11 is 9.38. The van der Waals surface area contributed by atoms with Gasteiger partial charge in [-0.25, -0.2) is 4.79 Å². The van der Waals surface area contributed by atoms with Crippen LogP contribution in [0.3, 0.4) is 0 Å². The number of hydrogen-bond acceptors (Lipinski definition) is 2. The monoisotopic (exact) mass is 299 g/mol. The summed E-state index contributed by atoms with van der Waals surface area (Å²) in [6.45, 7) is 1.90. The molecule has 2 rings (SSSR count). The largest absolute Gasteiger partial charge is 0.478 e. The molecule has 0 fully saturated rings. The van der Waals surface area contributed by atoms with Crippen molar-refractivity contribution in [1.29, 1.82) is 0 Å². The molecular formula is C11H7BrClNO2. The molecule has 0 spiro atoms. The molecule has 5 heteroatoms. The summed E-state index contributed by atoms with van der Waals surface area (Å²) in [4.78, 5) is 15.0. The predicted octanol–water partition coefficient (Wildman–Crippen LogP) is 3.66. The third-order valence-corrected chi connectivity index (χ3v) is 3.16. The van der Waals surface area contributed by atoms with Crippen LogP contribution in [0.4, 0.5) is 0 Å². The average Bonchev–Trinajstić information content (AvgIpc) is 2.19. The van der Waals surface area contributed by atoms with Crippen molar-refractivity contribution in [3.63, 3.8) is 0 Å². The van der Waals surface area contributed by atoms with Crippen molar-refractivity contribution in [3.8, 4) is 0 Å². The van der Waals surface area contributed by atoms with E-state index in [2.05, 4.69) is 20.9 Å². The fourth-order valence-corrected chi connectivity index (χ4v) is 2.40. The molecule has 3 nitrogen and oxygen atoms in total. The second-order valence-electron chi connectivity index (χ2n) is 3.41. The zero-order valence-corrected chi connectivity index (χ0v) is 10.6. The van der Waals surface area contributed by atoms with Crippen LogP contribution in [0, 0.1) is 6.92 Å². The molecule has 0 aliphatic rings. The molecule has 0 saturated heterocycles. The molecule has 1 heterocycles. The average molecular weight is 301 g/mol. The lowest BCUT2D eigenvalue weighted by Gasteiger charge is -2.06. The van der Waals surface area contributed by atoms with Gasteiger partial charge in [-0.15, -0.1) is 0 Å². The van der Waals surface area contributed by atoms with E-state index < -0.39 is 5.97 Å². The molecule has 1 aromatic carbocycles. The first-order valence-electron chi connectivity index (χ1n) is 4.48. The molecule has 82 valence electrons. The number of carbonyl (C=O) groups is 1. The van der Waals surface area contributed by atoms with Crippen molar-refractivity contribution in [1.82, 2.24) is 4.98 Å². The highest BCUT2D eigenvalue weighted by molar-refractivity contribution is 9.10. The SMILES string of the molecule is Cc1cc(Br)cc2c(Cl)c(C(=O)O)cnc12. The maximum Gasteiger partial charge on any atom is 0.338 e.